The Hall–Kier alpha value is -1.56. The van der Waals surface area contributed by atoms with E-state index in [1.54, 1.807) is 11.8 Å². The number of amides is 2. The number of hydrogen-bond donors (Lipinski definition) is 1. The van der Waals surface area contributed by atoms with Gasteiger partial charge < -0.3 is 15.0 Å². The van der Waals surface area contributed by atoms with E-state index in [9.17, 15) is 9.59 Å². The molecule has 1 aromatic carbocycles. The Morgan fingerprint density at radius 2 is 2.09 bits per heavy atom. The van der Waals surface area contributed by atoms with Gasteiger partial charge in [0.25, 0.3) is 5.91 Å². The second-order valence-electron chi connectivity index (χ2n) is 6.16. The molecule has 23 heavy (non-hydrogen) atoms. The summed E-state index contributed by atoms with van der Waals surface area (Å²) < 4.78 is 6.58. The first-order valence-corrected chi connectivity index (χ1v) is 8.68. The van der Waals surface area contributed by atoms with Gasteiger partial charge in [-0.25, -0.2) is 0 Å². The third-order valence-electron chi connectivity index (χ3n) is 3.80. The van der Waals surface area contributed by atoms with Gasteiger partial charge in [-0.1, -0.05) is 26.0 Å². The fourth-order valence-corrected chi connectivity index (χ4v) is 3.05. The normalized spacial score (nSPS) is 19.4. The van der Waals surface area contributed by atoms with Crippen molar-refractivity contribution in [3.05, 3.63) is 28.7 Å². The number of hydrogen-bond acceptors (Lipinski definition) is 3. The Bertz CT molecular complexity index is 577. The van der Waals surface area contributed by atoms with Gasteiger partial charge in [-0.3, -0.25) is 9.59 Å². The number of nitrogens with zero attached hydrogens (tertiary/aromatic N) is 1. The van der Waals surface area contributed by atoms with Crippen LogP contribution in [0.5, 0.6) is 5.75 Å². The van der Waals surface area contributed by atoms with Gasteiger partial charge in [0, 0.05) is 13.1 Å². The van der Waals surface area contributed by atoms with Crippen LogP contribution in [0, 0.1) is 5.92 Å². The zero-order valence-corrected chi connectivity index (χ0v) is 15.3. The molecule has 2 amide bonds. The maximum atomic E-state index is 12.8. The van der Waals surface area contributed by atoms with E-state index in [1.807, 2.05) is 38.1 Å². The van der Waals surface area contributed by atoms with Gasteiger partial charge in [0.2, 0.25) is 5.91 Å². The van der Waals surface area contributed by atoms with E-state index in [0.717, 1.165) is 4.47 Å². The number of carbonyl (C=O) groups is 2. The summed E-state index contributed by atoms with van der Waals surface area (Å²) in [6.07, 6.45) is 0.00791. The van der Waals surface area contributed by atoms with Crippen molar-refractivity contribution in [1.29, 1.82) is 0 Å². The lowest BCUT2D eigenvalue weighted by molar-refractivity contribution is -0.148. The first kappa shape index (κ1) is 17.8. The topological polar surface area (TPSA) is 58.6 Å². The number of nitrogens with one attached hydrogen (secondary N) is 1. The molecule has 5 nitrogen and oxygen atoms in total. The fourth-order valence-electron chi connectivity index (χ4n) is 2.67. The van der Waals surface area contributed by atoms with E-state index in [2.05, 4.69) is 21.2 Å². The molecule has 1 aliphatic rings. The van der Waals surface area contributed by atoms with Crippen molar-refractivity contribution >= 4 is 27.7 Å². The number of carbonyl (C=O) groups excluding carboxylic acids is 2. The van der Waals surface area contributed by atoms with Crippen LogP contribution in [-0.2, 0) is 9.59 Å². The third-order valence-corrected chi connectivity index (χ3v) is 4.45. The first-order chi connectivity index (χ1) is 10.9. The smallest absolute Gasteiger partial charge is 0.264 e. The van der Waals surface area contributed by atoms with Crippen molar-refractivity contribution in [3.63, 3.8) is 0 Å². The van der Waals surface area contributed by atoms with Crippen LogP contribution in [0.4, 0.5) is 0 Å². The highest BCUT2D eigenvalue weighted by molar-refractivity contribution is 9.10. The highest BCUT2D eigenvalue weighted by atomic mass is 79.9. The van der Waals surface area contributed by atoms with Gasteiger partial charge in [-0.2, -0.15) is 0 Å². The monoisotopic (exact) mass is 382 g/mol. The molecule has 2 atom stereocenters. The maximum absolute atomic E-state index is 12.8. The van der Waals surface area contributed by atoms with Crippen LogP contribution in [0.25, 0.3) is 0 Å². The molecular formula is C17H23BrN2O3. The Labute approximate surface area is 145 Å². The summed E-state index contributed by atoms with van der Waals surface area (Å²) in [7, 11) is 0. The molecule has 0 radical (unpaired) electrons. The summed E-state index contributed by atoms with van der Waals surface area (Å²) in [4.78, 5) is 26.5. The highest BCUT2D eigenvalue weighted by Crippen LogP contribution is 2.25. The zero-order chi connectivity index (χ0) is 17.0. The van der Waals surface area contributed by atoms with Crippen LogP contribution in [0.1, 0.15) is 27.2 Å². The number of piperazine rings is 1. The average Bonchev–Trinajstić information content (AvgIpc) is 2.50. The number of rotatable bonds is 5. The molecule has 1 aromatic rings. The lowest BCUT2D eigenvalue weighted by atomic mass is 9.99. The van der Waals surface area contributed by atoms with E-state index in [0.29, 0.717) is 31.2 Å². The molecule has 0 bridgehead atoms. The quantitative estimate of drug-likeness (QED) is 0.851. The first-order valence-electron chi connectivity index (χ1n) is 7.89. The zero-order valence-electron chi connectivity index (χ0n) is 13.7. The molecule has 0 spiro atoms. The summed E-state index contributed by atoms with van der Waals surface area (Å²) >= 11 is 3.41. The van der Waals surface area contributed by atoms with E-state index >= 15 is 0 Å². The highest BCUT2D eigenvalue weighted by Gasteiger charge is 2.35. The Kier molecular flexibility index (Phi) is 6.04. The predicted octanol–water partition coefficient (Wildman–Crippen LogP) is 2.59. The lowest BCUT2D eigenvalue weighted by Crippen LogP contribution is -2.59. The molecule has 126 valence electrons. The second-order valence-corrected chi connectivity index (χ2v) is 7.01. The van der Waals surface area contributed by atoms with Crippen LogP contribution < -0.4 is 10.1 Å². The molecule has 2 rings (SSSR count). The predicted molar refractivity (Wildman–Crippen MR) is 92.2 cm³/mol. The minimum absolute atomic E-state index is 0.0774. The van der Waals surface area contributed by atoms with Crippen molar-refractivity contribution in [2.75, 3.05) is 13.1 Å². The van der Waals surface area contributed by atoms with Gasteiger partial charge >= 0.3 is 0 Å². The van der Waals surface area contributed by atoms with Crippen molar-refractivity contribution in [3.8, 4) is 5.75 Å². The van der Waals surface area contributed by atoms with E-state index in [1.165, 1.54) is 0 Å². The number of ether oxygens (including phenoxy) is 1. The van der Waals surface area contributed by atoms with Crippen molar-refractivity contribution in [2.24, 2.45) is 5.92 Å². The van der Waals surface area contributed by atoms with Gasteiger partial charge in [0.15, 0.2) is 6.10 Å². The van der Waals surface area contributed by atoms with Crippen molar-refractivity contribution in [1.82, 2.24) is 10.2 Å². The molecule has 1 saturated heterocycles. The van der Waals surface area contributed by atoms with Crippen molar-refractivity contribution in [2.45, 2.75) is 39.3 Å². The fraction of sp³-hybridized carbons (Fsp3) is 0.529. The molecule has 0 aromatic heterocycles. The molecule has 0 aliphatic carbocycles. The molecular weight excluding hydrogens is 360 g/mol. The summed E-state index contributed by atoms with van der Waals surface area (Å²) in [6, 6.07) is 7.00. The molecule has 6 heteroatoms. The van der Waals surface area contributed by atoms with Crippen LogP contribution in [-0.4, -0.2) is 41.9 Å². The molecule has 0 unspecified atom stereocenters. The Morgan fingerprint density at radius 1 is 1.39 bits per heavy atom. The minimum atomic E-state index is -0.644. The van der Waals surface area contributed by atoms with Gasteiger partial charge in [0.05, 0.1) is 4.47 Å². The maximum Gasteiger partial charge on any atom is 0.264 e. The van der Waals surface area contributed by atoms with Crippen LogP contribution in [0.3, 0.4) is 0 Å². The van der Waals surface area contributed by atoms with E-state index < -0.39 is 12.1 Å². The average molecular weight is 383 g/mol. The van der Waals surface area contributed by atoms with Gasteiger partial charge in [-0.15, -0.1) is 0 Å². The summed E-state index contributed by atoms with van der Waals surface area (Å²) in [5.74, 6) is 0.724. The van der Waals surface area contributed by atoms with Crippen LogP contribution in [0.15, 0.2) is 28.7 Å². The molecule has 1 N–H and O–H groups in total. The summed E-state index contributed by atoms with van der Waals surface area (Å²) in [5.41, 5.74) is 0. The SMILES string of the molecule is CC(C)C[C@H]1C(=O)NCCN1C(=O)[C@H](C)Oc1ccccc1Br. The summed E-state index contributed by atoms with van der Waals surface area (Å²) in [5, 5.41) is 2.84. The Balaban J connectivity index is 2.10. The number of halogens is 1. The van der Waals surface area contributed by atoms with Gasteiger partial charge in [0.1, 0.15) is 11.8 Å². The second kappa shape index (κ2) is 7.81. The molecule has 1 aliphatic heterocycles. The lowest BCUT2D eigenvalue weighted by Gasteiger charge is -2.37. The number of benzene rings is 1. The van der Waals surface area contributed by atoms with Gasteiger partial charge in [-0.05, 0) is 47.3 Å². The molecule has 0 saturated carbocycles. The van der Waals surface area contributed by atoms with E-state index in [-0.39, 0.29) is 11.8 Å². The minimum Gasteiger partial charge on any atom is -0.480 e. The molecule has 1 fully saturated rings. The van der Waals surface area contributed by atoms with Crippen LogP contribution >= 0.6 is 15.9 Å². The van der Waals surface area contributed by atoms with Crippen molar-refractivity contribution < 1.29 is 14.3 Å². The van der Waals surface area contributed by atoms with E-state index in [4.69, 9.17) is 4.74 Å². The largest absolute Gasteiger partial charge is 0.480 e. The Morgan fingerprint density at radius 3 is 2.74 bits per heavy atom. The number of para-hydroxylation sites is 1. The third kappa shape index (κ3) is 4.47. The van der Waals surface area contributed by atoms with Crippen LogP contribution in [0.2, 0.25) is 0 Å². The molecule has 1 heterocycles. The summed E-state index contributed by atoms with van der Waals surface area (Å²) in [6.45, 7) is 6.82. The standard InChI is InChI=1S/C17H23BrN2O3/c1-11(2)10-14-16(21)19-8-9-20(14)17(22)12(3)23-15-7-5-4-6-13(15)18/h4-7,11-12,14H,8-10H2,1-3H3,(H,19,21)/t12-,14-/m0/s1.